The van der Waals surface area contributed by atoms with Gasteiger partial charge in [-0.05, 0) is 34.1 Å². The van der Waals surface area contributed by atoms with Gasteiger partial charge in [-0.1, -0.05) is 12.1 Å². The van der Waals surface area contributed by atoms with Gasteiger partial charge in [-0.2, -0.15) is 0 Å². The third-order valence-corrected chi connectivity index (χ3v) is 3.68. The zero-order valence-electron chi connectivity index (χ0n) is 10.4. The maximum atomic E-state index is 10.8. The number of aromatic nitrogens is 2. The zero-order valence-corrected chi connectivity index (χ0v) is 12.0. The number of rotatable bonds is 4. The number of nitrogens with zero attached hydrogens (tertiary/aromatic N) is 2. The fourth-order valence-electron chi connectivity index (χ4n) is 2.17. The van der Waals surface area contributed by atoms with E-state index >= 15 is 0 Å². The second kappa shape index (κ2) is 5.13. The van der Waals surface area contributed by atoms with Gasteiger partial charge in [0.2, 0.25) is 0 Å². The number of hydrogen-bond acceptors (Lipinski definition) is 3. The minimum Gasteiger partial charge on any atom is -0.481 e. The number of hydrogen-bond donors (Lipinski definition) is 1. The Morgan fingerprint density at radius 1 is 1.35 bits per heavy atom. The van der Waals surface area contributed by atoms with E-state index in [0.29, 0.717) is 17.0 Å². The summed E-state index contributed by atoms with van der Waals surface area (Å²) in [6.45, 7) is 0.364. The molecule has 6 heteroatoms. The molecule has 0 spiro atoms. The van der Waals surface area contributed by atoms with Crippen molar-refractivity contribution in [2.45, 2.75) is 13.0 Å². The Morgan fingerprint density at radius 2 is 2.15 bits per heavy atom. The number of furan rings is 1. The van der Waals surface area contributed by atoms with Crippen molar-refractivity contribution in [3.63, 3.8) is 0 Å². The smallest absolute Gasteiger partial charge is 0.305 e. The van der Waals surface area contributed by atoms with Crippen LogP contribution in [0.4, 0.5) is 0 Å². The van der Waals surface area contributed by atoms with E-state index in [1.807, 2.05) is 34.9 Å². The summed E-state index contributed by atoms with van der Waals surface area (Å²) in [7, 11) is 0. The van der Waals surface area contributed by atoms with Gasteiger partial charge in [-0.15, -0.1) is 0 Å². The Labute approximate surface area is 123 Å². The average Bonchev–Trinajstić information content (AvgIpc) is 2.99. The highest BCUT2D eigenvalue weighted by Gasteiger charge is 2.16. The predicted octanol–water partition coefficient (Wildman–Crippen LogP) is 3.53. The Morgan fingerprint density at radius 3 is 2.85 bits per heavy atom. The summed E-state index contributed by atoms with van der Waals surface area (Å²) >= 11 is 3.34. The number of halogens is 1. The van der Waals surface area contributed by atoms with E-state index in [-0.39, 0.29) is 6.42 Å². The van der Waals surface area contributed by atoms with Crippen LogP contribution in [-0.4, -0.2) is 20.6 Å². The van der Waals surface area contributed by atoms with Crippen molar-refractivity contribution >= 4 is 32.9 Å². The predicted molar refractivity (Wildman–Crippen MR) is 77.4 cm³/mol. The maximum Gasteiger partial charge on any atom is 0.305 e. The second-order valence-electron chi connectivity index (χ2n) is 4.33. The maximum absolute atomic E-state index is 10.8. The van der Waals surface area contributed by atoms with Gasteiger partial charge in [-0.3, -0.25) is 4.79 Å². The van der Waals surface area contributed by atoms with Crippen LogP contribution < -0.4 is 0 Å². The molecule has 0 bridgehead atoms. The number of carboxylic acid groups (broad SMARTS) is 1. The molecule has 0 amide bonds. The molecule has 0 saturated carbocycles. The molecule has 0 radical (unpaired) electrons. The second-order valence-corrected chi connectivity index (χ2v) is 5.05. The number of benzene rings is 1. The van der Waals surface area contributed by atoms with Crippen molar-refractivity contribution in [2.75, 3.05) is 0 Å². The van der Waals surface area contributed by atoms with Crippen LogP contribution in [0, 0.1) is 0 Å². The Bertz CT molecular complexity index is 776. The van der Waals surface area contributed by atoms with Crippen LogP contribution in [0.25, 0.3) is 22.4 Å². The van der Waals surface area contributed by atoms with E-state index in [1.165, 1.54) is 0 Å². The average molecular weight is 335 g/mol. The minimum atomic E-state index is -0.833. The van der Waals surface area contributed by atoms with Crippen molar-refractivity contribution in [2.24, 2.45) is 0 Å². The molecule has 0 aliphatic rings. The summed E-state index contributed by atoms with van der Waals surface area (Å²) < 4.78 is 7.73. The fraction of sp³-hybridized carbons (Fsp3) is 0.143. The number of aryl methyl sites for hydroxylation is 1. The molecule has 3 rings (SSSR count). The number of aliphatic carboxylic acids is 1. The standard InChI is InChI=1S/C14H11BrN2O3/c15-13-9(6-8-20-13)14-16-10-3-1-2-4-11(10)17(14)7-5-12(18)19/h1-4,6,8H,5,7H2,(H,18,19). The summed E-state index contributed by atoms with van der Waals surface area (Å²) in [6, 6.07) is 9.47. The van der Waals surface area contributed by atoms with Crippen molar-refractivity contribution in [3.05, 3.63) is 41.3 Å². The Balaban J connectivity index is 2.17. The molecule has 1 aromatic carbocycles. The molecule has 0 saturated heterocycles. The molecule has 2 heterocycles. The van der Waals surface area contributed by atoms with Crippen LogP contribution in [0.1, 0.15) is 6.42 Å². The summed E-state index contributed by atoms with van der Waals surface area (Å²) in [5.41, 5.74) is 2.56. The quantitative estimate of drug-likeness (QED) is 0.792. The summed E-state index contributed by atoms with van der Waals surface area (Å²) in [6.07, 6.45) is 1.61. The molecule has 0 unspecified atom stereocenters. The van der Waals surface area contributed by atoms with Gasteiger partial charge in [0, 0.05) is 6.54 Å². The van der Waals surface area contributed by atoms with E-state index in [4.69, 9.17) is 9.52 Å². The highest BCUT2D eigenvalue weighted by molar-refractivity contribution is 9.10. The van der Waals surface area contributed by atoms with Gasteiger partial charge in [0.1, 0.15) is 5.82 Å². The molecule has 102 valence electrons. The summed E-state index contributed by atoms with van der Waals surface area (Å²) in [4.78, 5) is 15.4. The summed E-state index contributed by atoms with van der Waals surface area (Å²) in [5.74, 6) is -0.131. The first-order chi connectivity index (χ1) is 9.66. The zero-order chi connectivity index (χ0) is 14.1. The molecule has 5 nitrogen and oxygen atoms in total. The Kier molecular flexibility index (Phi) is 3.31. The molecule has 20 heavy (non-hydrogen) atoms. The van der Waals surface area contributed by atoms with Crippen molar-refractivity contribution in [1.29, 1.82) is 0 Å². The van der Waals surface area contributed by atoms with E-state index < -0.39 is 5.97 Å². The molecule has 1 N–H and O–H groups in total. The van der Waals surface area contributed by atoms with Gasteiger partial charge >= 0.3 is 5.97 Å². The lowest BCUT2D eigenvalue weighted by Crippen LogP contribution is -2.06. The monoisotopic (exact) mass is 334 g/mol. The van der Waals surface area contributed by atoms with Gasteiger partial charge in [-0.25, -0.2) is 4.98 Å². The van der Waals surface area contributed by atoms with E-state index in [0.717, 1.165) is 16.6 Å². The molecular formula is C14H11BrN2O3. The van der Waals surface area contributed by atoms with Crippen LogP contribution in [0.5, 0.6) is 0 Å². The van der Waals surface area contributed by atoms with E-state index in [2.05, 4.69) is 20.9 Å². The first-order valence-corrected chi connectivity index (χ1v) is 6.86. The van der Waals surface area contributed by atoms with Crippen LogP contribution in [0.2, 0.25) is 0 Å². The van der Waals surface area contributed by atoms with Crippen LogP contribution in [0.15, 0.2) is 45.7 Å². The lowest BCUT2D eigenvalue weighted by molar-refractivity contribution is -0.137. The third-order valence-electron chi connectivity index (χ3n) is 3.06. The normalized spacial score (nSPS) is 11.1. The van der Waals surface area contributed by atoms with Gasteiger partial charge in [0.15, 0.2) is 4.67 Å². The van der Waals surface area contributed by atoms with Crippen molar-refractivity contribution < 1.29 is 14.3 Å². The molecule has 0 fully saturated rings. The minimum absolute atomic E-state index is 0.0445. The number of carboxylic acids is 1. The molecule has 0 aliphatic carbocycles. The molecular weight excluding hydrogens is 324 g/mol. The highest BCUT2D eigenvalue weighted by Crippen LogP contribution is 2.31. The van der Waals surface area contributed by atoms with Crippen LogP contribution in [0.3, 0.4) is 0 Å². The molecule has 0 atom stereocenters. The van der Waals surface area contributed by atoms with Gasteiger partial charge in [0.25, 0.3) is 0 Å². The van der Waals surface area contributed by atoms with Gasteiger partial charge < -0.3 is 14.1 Å². The molecule has 2 aromatic heterocycles. The van der Waals surface area contributed by atoms with Gasteiger partial charge in [0.05, 0.1) is 29.3 Å². The third kappa shape index (κ3) is 2.22. The van der Waals surface area contributed by atoms with E-state index in [9.17, 15) is 4.79 Å². The molecule has 3 aromatic rings. The first kappa shape index (κ1) is 12.9. The Hall–Kier alpha value is -2.08. The topological polar surface area (TPSA) is 68.3 Å². The van der Waals surface area contributed by atoms with Crippen molar-refractivity contribution in [1.82, 2.24) is 9.55 Å². The highest BCUT2D eigenvalue weighted by atomic mass is 79.9. The lowest BCUT2D eigenvalue weighted by Gasteiger charge is -2.06. The van der Waals surface area contributed by atoms with E-state index in [1.54, 1.807) is 6.26 Å². The SMILES string of the molecule is O=C(O)CCn1c(-c2ccoc2Br)nc2ccccc21. The number of carbonyl (C=O) groups is 1. The van der Waals surface area contributed by atoms with Crippen LogP contribution in [-0.2, 0) is 11.3 Å². The first-order valence-electron chi connectivity index (χ1n) is 6.07. The van der Waals surface area contributed by atoms with Crippen LogP contribution >= 0.6 is 15.9 Å². The fourth-order valence-corrected chi connectivity index (χ4v) is 2.59. The number of imidazole rings is 1. The number of fused-ring (bicyclic) bond motifs is 1. The lowest BCUT2D eigenvalue weighted by atomic mass is 10.3. The summed E-state index contributed by atoms with van der Waals surface area (Å²) in [5, 5.41) is 8.90. The number of para-hydroxylation sites is 2. The van der Waals surface area contributed by atoms with Crippen molar-refractivity contribution in [3.8, 4) is 11.4 Å². The molecule has 0 aliphatic heterocycles. The largest absolute Gasteiger partial charge is 0.481 e.